The minimum Gasteiger partial charge on any atom is -0.345 e. The molecule has 188 valence electrons. The molecule has 36 heavy (non-hydrogen) atoms. The van der Waals surface area contributed by atoms with Crippen LogP contribution in [0.1, 0.15) is 37.3 Å². The van der Waals surface area contributed by atoms with Gasteiger partial charge in [-0.2, -0.15) is 0 Å². The monoisotopic (exact) mass is 479 g/mol. The zero-order valence-electron chi connectivity index (χ0n) is 22.0. The standard InChI is InChI=1S/C33H41N3/c1-4-17-34-24(2)35-33-15-9-27(10-16-33)18-25-5-11-29(12-6-25)30-13-7-26(8-14-30)19-28-20-31-22-36(3)23-32(31)21-28/h4-9,11-16,27-28,31-32H,1,10,17-23H2,2-3H3,(H,34,35). The molecule has 1 saturated carbocycles. The van der Waals surface area contributed by atoms with Crippen LogP contribution in [-0.2, 0) is 12.8 Å². The molecule has 2 aliphatic carbocycles. The molecule has 5 rings (SSSR count). The SMILES string of the molecule is C=CC/N=C(/C)NC1=CCC(Cc2ccc(-c3ccc(CC4CC5CN(C)CC5C4)cc3)cc2)C=C1. The molecule has 0 bridgehead atoms. The van der Waals surface area contributed by atoms with Crippen LogP contribution in [0.4, 0.5) is 0 Å². The average Bonchev–Trinajstić information content (AvgIpc) is 3.41. The summed E-state index contributed by atoms with van der Waals surface area (Å²) in [7, 11) is 2.28. The molecular formula is C33H41N3. The fourth-order valence-electron chi connectivity index (χ4n) is 6.49. The first-order valence-electron chi connectivity index (χ1n) is 13.7. The lowest BCUT2D eigenvalue weighted by atomic mass is 9.91. The highest BCUT2D eigenvalue weighted by molar-refractivity contribution is 5.81. The summed E-state index contributed by atoms with van der Waals surface area (Å²) in [6, 6.07) is 18.5. The molecule has 3 heteroatoms. The van der Waals surface area contributed by atoms with Gasteiger partial charge >= 0.3 is 0 Å². The number of fused-ring (bicyclic) bond motifs is 1. The quantitative estimate of drug-likeness (QED) is 0.260. The van der Waals surface area contributed by atoms with E-state index in [0.717, 1.165) is 42.1 Å². The third kappa shape index (κ3) is 6.25. The molecule has 3 unspecified atom stereocenters. The number of allylic oxidation sites excluding steroid dienone is 3. The molecule has 2 aromatic rings. The predicted octanol–water partition coefficient (Wildman–Crippen LogP) is 6.68. The third-order valence-electron chi connectivity index (χ3n) is 8.27. The second-order valence-corrected chi connectivity index (χ2v) is 11.2. The minimum atomic E-state index is 0.543. The fraction of sp³-hybridized carbons (Fsp3) is 0.424. The highest BCUT2D eigenvalue weighted by atomic mass is 15.1. The average molecular weight is 480 g/mol. The van der Waals surface area contributed by atoms with Crippen LogP contribution in [-0.4, -0.2) is 37.4 Å². The van der Waals surface area contributed by atoms with Crippen LogP contribution in [0.5, 0.6) is 0 Å². The first kappa shape index (κ1) is 24.8. The maximum absolute atomic E-state index is 4.41. The summed E-state index contributed by atoms with van der Waals surface area (Å²) in [6.45, 7) is 8.99. The van der Waals surface area contributed by atoms with Crippen molar-refractivity contribution in [2.24, 2.45) is 28.7 Å². The number of nitrogens with one attached hydrogen (secondary N) is 1. The van der Waals surface area contributed by atoms with Crippen molar-refractivity contribution in [3.63, 3.8) is 0 Å². The smallest absolute Gasteiger partial charge is 0.0979 e. The molecule has 1 N–H and O–H groups in total. The maximum Gasteiger partial charge on any atom is 0.0979 e. The fourth-order valence-corrected chi connectivity index (χ4v) is 6.49. The van der Waals surface area contributed by atoms with E-state index in [2.05, 4.69) is 95.6 Å². The Morgan fingerprint density at radius 1 is 0.972 bits per heavy atom. The Balaban J connectivity index is 1.11. The van der Waals surface area contributed by atoms with Gasteiger partial charge in [0.2, 0.25) is 0 Å². The van der Waals surface area contributed by atoms with Crippen LogP contribution in [0.3, 0.4) is 0 Å². The number of rotatable bonds is 8. The summed E-state index contributed by atoms with van der Waals surface area (Å²) in [4.78, 5) is 6.93. The predicted molar refractivity (Wildman–Crippen MR) is 153 cm³/mol. The molecule has 2 aromatic carbocycles. The lowest BCUT2D eigenvalue weighted by Crippen LogP contribution is -2.20. The minimum absolute atomic E-state index is 0.543. The molecule has 1 aliphatic heterocycles. The van der Waals surface area contributed by atoms with Gasteiger partial charge in [-0.15, -0.1) is 6.58 Å². The Kier molecular flexibility index (Phi) is 7.87. The number of hydrogen-bond donors (Lipinski definition) is 1. The van der Waals surface area contributed by atoms with E-state index in [-0.39, 0.29) is 0 Å². The van der Waals surface area contributed by atoms with E-state index in [1.807, 2.05) is 13.0 Å². The van der Waals surface area contributed by atoms with Crippen molar-refractivity contribution in [3.05, 3.63) is 96.2 Å². The molecule has 1 saturated heterocycles. The van der Waals surface area contributed by atoms with E-state index in [9.17, 15) is 0 Å². The molecule has 0 spiro atoms. The van der Waals surface area contributed by atoms with Crippen molar-refractivity contribution >= 4 is 5.84 Å². The van der Waals surface area contributed by atoms with Gasteiger partial charge in [0, 0.05) is 18.8 Å². The molecule has 0 radical (unpaired) electrons. The highest BCUT2D eigenvalue weighted by Gasteiger charge is 2.39. The van der Waals surface area contributed by atoms with E-state index in [0.29, 0.717) is 12.5 Å². The maximum atomic E-state index is 4.41. The zero-order valence-corrected chi connectivity index (χ0v) is 22.0. The van der Waals surface area contributed by atoms with Crippen molar-refractivity contribution in [3.8, 4) is 11.1 Å². The van der Waals surface area contributed by atoms with Crippen LogP contribution in [0.15, 0.2) is 90.1 Å². The van der Waals surface area contributed by atoms with Crippen molar-refractivity contribution in [1.29, 1.82) is 0 Å². The second kappa shape index (κ2) is 11.4. The number of aliphatic imine (C=N–C) groups is 1. The summed E-state index contributed by atoms with van der Waals surface area (Å²) >= 11 is 0. The molecular weight excluding hydrogens is 438 g/mol. The Morgan fingerprint density at radius 2 is 1.58 bits per heavy atom. The van der Waals surface area contributed by atoms with Gasteiger partial charge in [0.05, 0.1) is 12.4 Å². The summed E-state index contributed by atoms with van der Waals surface area (Å²) < 4.78 is 0. The van der Waals surface area contributed by atoms with Gasteiger partial charge in [0.25, 0.3) is 0 Å². The lowest BCUT2D eigenvalue weighted by molar-refractivity contribution is 0.353. The number of hydrogen-bond acceptors (Lipinski definition) is 2. The van der Waals surface area contributed by atoms with Crippen LogP contribution in [0.2, 0.25) is 0 Å². The van der Waals surface area contributed by atoms with E-state index < -0.39 is 0 Å². The van der Waals surface area contributed by atoms with Crippen molar-refractivity contribution < 1.29 is 0 Å². The van der Waals surface area contributed by atoms with Gasteiger partial charge in [-0.25, -0.2) is 0 Å². The second-order valence-electron chi connectivity index (χ2n) is 11.2. The molecule has 3 atom stereocenters. The van der Waals surface area contributed by atoms with E-state index >= 15 is 0 Å². The molecule has 0 amide bonds. The molecule has 0 aromatic heterocycles. The van der Waals surface area contributed by atoms with E-state index in [1.165, 1.54) is 54.6 Å². The van der Waals surface area contributed by atoms with E-state index in [4.69, 9.17) is 0 Å². The lowest BCUT2D eigenvalue weighted by Gasteiger charge is -2.17. The van der Waals surface area contributed by atoms with E-state index in [1.54, 1.807) is 0 Å². The van der Waals surface area contributed by atoms with Crippen LogP contribution in [0.25, 0.3) is 11.1 Å². The summed E-state index contributed by atoms with van der Waals surface area (Å²) in [6.07, 6.45) is 14.8. The number of benzene rings is 2. The van der Waals surface area contributed by atoms with Crippen LogP contribution >= 0.6 is 0 Å². The number of likely N-dealkylation sites (tertiary alicyclic amines) is 1. The Hall–Kier alpha value is -2.91. The number of amidine groups is 1. The summed E-state index contributed by atoms with van der Waals surface area (Å²) in [5, 5.41) is 3.37. The first-order chi connectivity index (χ1) is 17.6. The molecule has 3 aliphatic rings. The van der Waals surface area contributed by atoms with Crippen LogP contribution in [0, 0.1) is 23.7 Å². The van der Waals surface area contributed by atoms with Gasteiger partial charge in [-0.3, -0.25) is 4.99 Å². The molecule has 1 heterocycles. The van der Waals surface area contributed by atoms with Gasteiger partial charge < -0.3 is 10.2 Å². The molecule has 3 nitrogen and oxygen atoms in total. The normalized spacial score (nSPS) is 26.1. The topological polar surface area (TPSA) is 27.6 Å². The third-order valence-corrected chi connectivity index (χ3v) is 8.27. The van der Waals surface area contributed by atoms with Gasteiger partial charge in [-0.05, 0) is 98.1 Å². The van der Waals surface area contributed by atoms with Crippen LogP contribution < -0.4 is 5.32 Å². The Labute approximate surface area is 217 Å². The zero-order chi connectivity index (χ0) is 24.9. The van der Waals surface area contributed by atoms with Crippen molar-refractivity contribution in [2.45, 2.75) is 39.0 Å². The van der Waals surface area contributed by atoms with Crippen molar-refractivity contribution in [2.75, 3.05) is 26.7 Å². The van der Waals surface area contributed by atoms with Gasteiger partial charge in [-0.1, -0.05) is 66.8 Å². The molecule has 2 fully saturated rings. The Morgan fingerprint density at radius 3 is 2.14 bits per heavy atom. The first-order valence-corrected chi connectivity index (χ1v) is 13.7. The highest BCUT2D eigenvalue weighted by Crippen LogP contribution is 2.42. The van der Waals surface area contributed by atoms with Gasteiger partial charge in [0.1, 0.15) is 0 Å². The summed E-state index contributed by atoms with van der Waals surface area (Å²) in [5.41, 5.74) is 6.67. The summed E-state index contributed by atoms with van der Waals surface area (Å²) in [5.74, 6) is 4.25. The van der Waals surface area contributed by atoms with Gasteiger partial charge in [0.15, 0.2) is 0 Å². The van der Waals surface area contributed by atoms with Crippen molar-refractivity contribution in [1.82, 2.24) is 10.2 Å². The largest absolute Gasteiger partial charge is 0.345 e. The number of nitrogens with zero attached hydrogens (tertiary/aromatic N) is 2. The Bertz CT molecular complexity index is 1110.